The van der Waals surface area contributed by atoms with E-state index in [1.807, 2.05) is 42.5 Å². The Morgan fingerprint density at radius 2 is 1.95 bits per heavy atom. The standard InChI is InChI=1S/C16H18ClNO/c1-19-14-6-4-5-12(10-14)9-13(11-18)15-7-2-3-8-16(15)17/h2-8,10,13H,9,11,18H2,1H3. The van der Waals surface area contributed by atoms with Gasteiger partial charge in [0.15, 0.2) is 0 Å². The van der Waals surface area contributed by atoms with Crippen molar-refractivity contribution in [3.05, 3.63) is 64.7 Å². The van der Waals surface area contributed by atoms with Gasteiger partial charge in [-0.25, -0.2) is 0 Å². The maximum absolute atomic E-state index is 6.24. The number of hydrogen-bond acceptors (Lipinski definition) is 2. The SMILES string of the molecule is COc1cccc(CC(CN)c2ccccc2Cl)c1. The summed E-state index contributed by atoms with van der Waals surface area (Å²) < 4.78 is 5.24. The second-order valence-corrected chi connectivity index (χ2v) is 4.92. The molecule has 0 saturated carbocycles. The van der Waals surface area contributed by atoms with Crippen molar-refractivity contribution < 1.29 is 4.74 Å². The number of ether oxygens (including phenoxy) is 1. The highest BCUT2D eigenvalue weighted by Gasteiger charge is 2.13. The van der Waals surface area contributed by atoms with Gasteiger partial charge in [0.2, 0.25) is 0 Å². The minimum atomic E-state index is 0.223. The highest BCUT2D eigenvalue weighted by Crippen LogP contribution is 2.27. The van der Waals surface area contributed by atoms with Crippen molar-refractivity contribution in [2.24, 2.45) is 5.73 Å². The van der Waals surface area contributed by atoms with Crippen LogP contribution in [0.15, 0.2) is 48.5 Å². The Kier molecular flexibility index (Phi) is 4.83. The smallest absolute Gasteiger partial charge is 0.119 e. The Morgan fingerprint density at radius 1 is 1.16 bits per heavy atom. The van der Waals surface area contributed by atoms with Crippen LogP contribution >= 0.6 is 11.6 Å². The first-order valence-electron chi connectivity index (χ1n) is 6.32. The number of benzene rings is 2. The molecule has 1 unspecified atom stereocenters. The summed E-state index contributed by atoms with van der Waals surface area (Å²) in [6.45, 7) is 0.570. The van der Waals surface area contributed by atoms with E-state index in [0.717, 1.165) is 22.8 Å². The maximum Gasteiger partial charge on any atom is 0.119 e. The molecule has 0 radical (unpaired) electrons. The average molecular weight is 276 g/mol. The number of methoxy groups -OCH3 is 1. The van der Waals surface area contributed by atoms with Crippen LogP contribution in [-0.4, -0.2) is 13.7 Å². The third-order valence-electron chi connectivity index (χ3n) is 3.25. The Bertz CT molecular complexity index is 542. The summed E-state index contributed by atoms with van der Waals surface area (Å²) in [5, 5.41) is 0.779. The molecule has 3 heteroatoms. The zero-order chi connectivity index (χ0) is 13.7. The summed E-state index contributed by atoms with van der Waals surface area (Å²) in [5.41, 5.74) is 8.21. The fraction of sp³-hybridized carbons (Fsp3) is 0.250. The van der Waals surface area contributed by atoms with Crippen LogP contribution in [0.1, 0.15) is 17.0 Å². The van der Waals surface area contributed by atoms with Crippen molar-refractivity contribution >= 4 is 11.6 Å². The molecular weight excluding hydrogens is 258 g/mol. The number of halogens is 1. The Balaban J connectivity index is 2.21. The number of nitrogens with two attached hydrogens (primary N) is 1. The van der Waals surface area contributed by atoms with Crippen LogP contribution in [-0.2, 0) is 6.42 Å². The molecule has 2 rings (SSSR count). The molecule has 1 atom stereocenters. The highest BCUT2D eigenvalue weighted by molar-refractivity contribution is 6.31. The largest absolute Gasteiger partial charge is 0.497 e. The van der Waals surface area contributed by atoms with Crippen LogP contribution in [0.3, 0.4) is 0 Å². The molecular formula is C16H18ClNO. The molecule has 0 aromatic heterocycles. The average Bonchev–Trinajstić information content (AvgIpc) is 2.46. The normalized spacial score (nSPS) is 12.2. The molecule has 0 aliphatic carbocycles. The molecule has 0 spiro atoms. The number of rotatable bonds is 5. The first kappa shape index (κ1) is 13.9. The summed E-state index contributed by atoms with van der Waals surface area (Å²) in [6, 6.07) is 15.9. The van der Waals surface area contributed by atoms with Crippen LogP contribution in [0.5, 0.6) is 5.75 Å². The van der Waals surface area contributed by atoms with E-state index in [2.05, 4.69) is 6.07 Å². The summed E-state index contributed by atoms with van der Waals surface area (Å²) in [6.07, 6.45) is 0.859. The van der Waals surface area contributed by atoms with Crippen LogP contribution in [0, 0.1) is 0 Å². The monoisotopic (exact) mass is 275 g/mol. The van der Waals surface area contributed by atoms with Crippen molar-refractivity contribution in [3.8, 4) is 5.75 Å². The van der Waals surface area contributed by atoms with Gasteiger partial charge in [0.1, 0.15) is 5.75 Å². The lowest BCUT2D eigenvalue weighted by Gasteiger charge is -2.17. The predicted molar refractivity (Wildman–Crippen MR) is 79.9 cm³/mol. The van der Waals surface area contributed by atoms with Crippen molar-refractivity contribution in [2.75, 3.05) is 13.7 Å². The van der Waals surface area contributed by atoms with E-state index in [4.69, 9.17) is 22.1 Å². The molecule has 2 aromatic rings. The topological polar surface area (TPSA) is 35.2 Å². The quantitative estimate of drug-likeness (QED) is 0.904. The van der Waals surface area contributed by atoms with Gasteiger partial charge in [0, 0.05) is 10.9 Å². The van der Waals surface area contributed by atoms with Gasteiger partial charge in [-0.05, 0) is 42.3 Å². The molecule has 0 saturated heterocycles. The first-order chi connectivity index (χ1) is 9.24. The van der Waals surface area contributed by atoms with Crippen molar-refractivity contribution in [1.29, 1.82) is 0 Å². The van der Waals surface area contributed by atoms with Gasteiger partial charge in [0.05, 0.1) is 7.11 Å². The summed E-state index contributed by atoms with van der Waals surface area (Å²) >= 11 is 6.24. The van der Waals surface area contributed by atoms with E-state index in [1.165, 1.54) is 5.56 Å². The zero-order valence-corrected chi connectivity index (χ0v) is 11.7. The molecule has 100 valence electrons. The predicted octanol–water partition coefficient (Wildman–Crippen LogP) is 3.63. The Morgan fingerprint density at radius 3 is 2.63 bits per heavy atom. The second kappa shape index (κ2) is 6.60. The van der Waals surface area contributed by atoms with Crippen molar-refractivity contribution in [3.63, 3.8) is 0 Å². The van der Waals surface area contributed by atoms with Crippen LogP contribution in [0.4, 0.5) is 0 Å². The summed E-state index contributed by atoms with van der Waals surface area (Å²) in [7, 11) is 1.67. The molecule has 0 bridgehead atoms. The molecule has 2 aromatic carbocycles. The fourth-order valence-electron chi connectivity index (χ4n) is 2.21. The third kappa shape index (κ3) is 3.49. The lowest BCUT2D eigenvalue weighted by molar-refractivity contribution is 0.414. The van der Waals surface area contributed by atoms with E-state index in [-0.39, 0.29) is 5.92 Å². The van der Waals surface area contributed by atoms with Gasteiger partial charge in [-0.2, -0.15) is 0 Å². The lowest BCUT2D eigenvalue weighted by atomic mass is 9.92. The van der Waals surface area contributed by atoms with Crippen LogP contribution in [0.2, 0.25) is 5.02 Å². The molecule has 0 fully saturated rings. The minimum Gasteiger partial charge on any atom is -0.497 e. The highest BCUT2D eigenvalue weighted by atomic mass is 35.5. The van der Waals surface area contributed by atoms with Gasteiger partial charge in [0.25, 0.3) is 0 Å². The molecule has 2 N–H and O–H groups in total. The van der Waals surface area contributed by atoms with Gasteiger partial charge >= 0.3 is 0 Å². The van der Waals surface area contributed by atoms with E-state index >= 15 is 0 Å². The van der Waals surface area contributed by atoms with Crippen molar-refractivity contribution in [1.82, 2.24) is 0 Å². The number of hydrogen-bond donors (Lipinski definition) is 1. The summed E-state index contributed by atoms with van der Waals surface area (Å²) in [5.74, 6) is 1.09. The Labute approximate surface area is 119 Å². The minimum absolute atomic E-state index is 0.223. The van der Waals surface area contributed by atoms with Crippen molar-refractivity contribution in [2.45, 2.75) is 12.3 Å². The molecule has 0 amide bonds. The van der Waals surface area contributed by atoms with E-state index in [9.17, 15) is 0 Å². The van der Waals surface area contributed by atoms with E-state index in [0.29, 0.717) is 6.54 Å². The molecule has 19 heavy (non-hydrogen) atoms. The molecule has 0 aliphatic rings. The van der Waals surface area contributed by atoms with Crippen LogP contribution in [0.25, 0.3) is 0 Å². The fourth-order valence-corrected chi connectivity index (χ4v) is 2.50. The van der Waals surface area contributed by atoms with Gasteiger partial charge < -0.3 is 10.5 Å². The third-order valence-corrected chi connectivity index (χ3v) is 3.59. The summed E-state index contributed by atoms with van der Waals surface area (Å²) in [4.78, 5) is 0. The Hall–Kier alpha value is -1.51. The second-order valence-electron chi connectivity index (χ2n) is 4.51. The van der Waals surface area contributed by atoms with E-state index < -0.39 is 0 Å². The molecule has 2 nitrogen and oxygen atoms in total. The zero-order valence-electron chi connectivity index (χ0n) is 11.0. The van der Waals surface area contributed by atoms with Gasteiger partial charge in [-0.1, -0.05) is 41.9 Å². The maximum atomic E-state index is 6.24. The van der Waals surface area contributed by atoms with Gasteiger partial charge in [-0.15, -0.1) is 0 Å². The lowest BCUT2D eigenvalue weighted by Crippen LogP contribution is -2.15. The van der Waals surface area contributed by atoms with E-state index in [1.54, 1.807) is 7.11 Å². The van der Waals surface area contributed by atoms with Crippen LogP contribution < -0.4 is 10.5 Å². The molecule has 0 heterocycles. The van der Waals surface area contributed by atoms with Gasteiger partial charge in [-0.3, -0.25) is 0 Å². The first-order valence-corrected chi connectivity index (χ1v) is 6.70. The molecule has 0 aliphatic heterocycles.